The van der Waals surface area contributed by atoms with Crippen molar-refractivity contribution >= 4 is 17.7 Å². The molecule has 0 fully saturated rings. The van der Waals surface area contributed by atoms with Crippen LogP contribution in [0.15, 0.2) is 60.7 Å². The summed E-state index contributed by atoms with van der Waals surface area (Å²) in [6.45, 7) is 3.32. The van der Waals surface area contributed by atoms with Crippen molar-refractivity contribution in [1.29, 1.82) is 0 Å². The third-order valence-corrected chi connectivity index (χ3v) is 2.93. The molecule has 7 heteroatoms. The van der Waals surface area contributed by atoms with Crippen LogP contribution in [0.3, 0.4) is 0 Å². The lowest BCUT2D eigenvalue weighted by Gasteiger charge is -2.04. The Balaban J connectivity index is 0.000000387. The van der Waals surface area contributed by atoms with Crippen LogP contribution < -0.4 is 0 Å². The van der Waals surface area contributed by atoms with E-state index in [2.05, 4.69) is 0 Å². The highest BCUT2D eigenvalue weighted by Gasteiger charge is 2.12. The van der Waals surface area contributed by atoms with Gasteiger partial charge in [0.1, 0.15) is 0 Å². The van der Waals surface area contributed by atoms with Crippen LogP contribution in [0, 0.1) is 0 Å². The van der Waals surface area contributed by atoms with Crippen LogP contribution in [0.5, 0.6) is 0 Å². The summed E-state index contributed by atoms with van der Waals surface area (Å²) in [6.07, 6.45) is -0.278. The molecule has 2 aromatic carbocycles. The summed E-state index contributed by atoms with van der Waals surface area (Å²) in [4.78, 5) is 31.1. The van der Waals surface area contributed by atoms with Crippen molar-refractivity contribution in [2.75, 3.05) is 0 Å². The molecule has 7 nitrogen and oxygen atoms in total. The second-order valence-corrected chi connectivity index (χ2v) is 5.61. The molecule has 2 aromatic rings. The molecule has 27 heavy (non-hydrogen) atoms. The number of carboxylic acids is 2. The van der Waals surface area contributed by atoms with E-state index < -0.39 is 17.7 Å². The zero-order valence-corrected chi connectivity index (χ0v) is 15.1. The number of aliphatic hydroxyl groups is 2. The van der Waals surface area contributed by atoms with E-state index in [-0.39, 0.29) is 17.8 Å². The van der Waals surface area contributed by atoms with Gasteiger partial charge in [-0.15, -0.1) is 0 Å². The van der Waals surface area contributed by atoms with Gasteiger partial charge in [-0.3, -0.25) is 4.79 Å². The fraction of sp³-hybridized carbons (Fsp3) is 0.250. The van der Waals surface area contributed by atoms with Crippen molar-refractivity contribution in [3.05, 3.63) is 71.8 Å². The fourth-order valence-corrected chi connectivity index (χ4v) is 1.79. The molecule has 2 atom stereocenters. The van der Waals surface area contributed by atoms with Crippen molar-refractivity contribution in [2.45, 2.75) is 32.5 Å². The van der Waals surface area contributed by atoms with Gasteiger partial charge in [0, 0.05) is 5.56 Å². The minimum atomic E-state index is -1.42. The molecule has 0 aliphatic heterocycles. The number of aromatic carboxylic acids is 1. The molecule has 0 saturated carbocycles. The van der Waals surface area contributed by atoms with Crippen LogP contribution >= 0.6 is 0 Å². The molecule has 0 amide bonds. The number of carbonyl (C=O) groups excluding carboxylic acids is 1. The summed E-state index contributed by atoms with van der Waals surface area (Å²) in [6, 6.07) is 16.2. The Hall–Kier alpha value is -3.03. The van der Waals surface area contributed by atoms with E-state index in [1.165, 1.54) is 12.1 Å². The average molecular weight is 376 g/mol. The number of benzene rings is 2. The lowest BCUT2D eigenvalue weighted by molar-refractivity contribution is -0.131. The third kappa shape index (κ3) is 12.0. The third-order valence-electron chi connectivity index (χ3n) is 2.93. The summed E-state index contributed by atoms with van der Waals surface area (Å²) in [7, 11) is 0. The van der Waals surface area contributed by atoms with Gasteiger partial charge in [-0.05, 0) is 32.4 Å². The molecule has 0 radical (unpaired) electrons. The van der Waals surface area contributed by atoms with Gasteiger partial charge < -0.3 is 20.4 Å². The minimum Gasteiger partial charge on any atom is -0.478 e. The van der Waals surface area contributed by atoms with Gasteiger partial charge in [-0.2, -0.15) is 0 Å². The van der Waals surface area contributed by atoms with Gasteiger partial charge >= 0.3 is 11.9 Å². The highest BCUT2D eigenvalue weighted by atomic mass is 16.4. The van der Waals surface area contributed by atoms with E-state index in [9.17, 15) is 14.4 Å². The van der Waals surface area contributed by atoms with E-state index in [0.29, 0.717) is 12.0 Å². The normalized spacial score (nSPS) is 11.6. The SMILES string of the molecule is CC(O)CC(C)O.O=C(O)C(=O)c1ccccc1.O=C(O)c1ccccc1. The second kappa shape index (κ2) is 13.2. The summed E-state index contributed by atoms with van der Waals surface area (Å²) in [5, 5.41) is 33.8. The highest BCUT2D eigenvalue weighted by molar-refractivity contribution is 6.39. The zero-order valence-electron chi connectivity index (χ0n) is 15.1. The maximum absolute atomic E-state index is 10.7. The van der Waals surface area contributed by atoms with Crippen LogP contribution in [-0.2, 0) is 4.79 Å². The summed E-state index contributed by atoms with van der Waals surface area (Å²) >= 11 is 0. The number of aliphatic hydroxyl groups excluding tert-OH is 2. The van der Waals surface area contributed by atoms with E-state index in [4.69, 9.17) is 20.4 Å². The lowest BCUT2D eigenvalue weighted by Crippen LogP contribution is -2.12. The van der Waals surface area contributed by atoms with Gasteiger partial charge in [0.25, 0.3) is 5.78 Å². The molecule has 4 N–H and O–H groups in total. The van der Waals surface area contributed by atoms with Crippen molar-refractivity contribution < 1.29 is 34.8 Å². The first-order valence-electron chi connectivity index (χ1n) is 8.12. The monoisotopic (exact) mass is 376 g/mol. The van der Waals surface area contributed by atoms with E-state index in [1.807, 2.05) is 0 Å². The van der Waals surface area contributed by atoms with E-state index >= 15 is 0 Å². The lowest BCUT2D eigenvalue weighted by atomic mass is 10.1. The smallest absolute Gasteiger partial charge is 0.377 e. The van der Waals surface area contributed by atoms with Gasteiger partial charge in [-0.1, -0.05) is 48.5 Å². The quantitative estimate of drug-likeness (QED) is 0.465. The Morgan fingerprint density at radius 1 is 0.741 bits per heavy atom. The van der Waals surface area contributed by atoms with Crippen LogP contribution in [-0.4, -0.2) is 50.4 Å². The van der Waals surface area contributed by atoms with Crippen LogP contribution in [0.25, 0.3) is 0 Å². The number of rotatable bonds is 5. The number of Topliss-reactive ketones (excluding diaryl/α,β-unsaturated/α-hetero) is 1. The van der Waals surface area contributed by atoms with E-state index in [0.717, 1.165) is 0 Å². The summed E-state index contributed by atoms with van der Waals surface area (Å²) < 4.78 is 0. The molecule has 0 spiro atoms. The van der Waals surface area contributed by atoms with Gasteiger partial charge in [0.05, 0.1) is 17.8 Å². The second-order valence-electron chi connectivity index (χ2n) is 5.61. The molecular weight excluding hydrogens is 352 g/mol. The van der Waals surface area contributed by atoms with Crippen LogP contribution in [0.2, 0.25) is 0 Å². The minimum absolute atomic E-state index is 0.208. The van der Waals surface area contributed by atoms with Gasteiger partial charge in [0.2, 0.25) is 0 Å². The number of aliphatic carboxylic acids is 1. The number of ketones is 1. The first-order valence-corrected chi connectivity index (χ1v) is 8.12. The molecule has 0 aliphatic rings. The Morgan fingerprint density at radius 3 is 1.33 bits per heavy atom. The Bertz CT molecular complexity index is 689. The number of hydrogen-bond donors (Lipinski definition) is 4. The molecule has 0 bridgehead atoms. The first kappa shape index (κ1) is 24.0. The van der Waals surface area contributed by atoms with Crippen LogP contribution in [0.4, 0.5) is 0 Å². The molecule has 0 aromatic heterocycles. The van der Waals surface area contributed by atoms with Crippen molar-refractivity contribution in [3.63, 3.8) is 0 Å². The number of carboxylic acid groups (broad SMARTS) is 2. The van der Waals surface area contributed by atoms with Crippen LogP contribution in [0.1, 0.15) is 41.0 Å². The zero-order chi connectivity index (χ0) is 20.8. The van der Waals surface area contributed by atoms with Crippen molar-refractivity contribution in [3.8, 4) is 0 Å². The highest BCUT2D eigenvalue weighted by Crippen LogP contribution is 1.99. The van der Waals surface area contributed by atoms with E-state index in [1.54, 1.807) is 62.4 Å². The molecule has 2 unspecified atom stereocenters. The molecule has 146 valence electrons. The number of carbonyl (C=O) groups is 3. The largest absolute Gasteiger partial charge is 0.478 e. The standard InChI is InChI=1S/C8H6O3.C7H6O2.C5H12O2/c9-7(8(10)11)6-4-2-1-3-5-6;8-7(9)6-4-2-1-3-5-6;1-4(6)3-5(2)7/h1-5H,(H,10,11);1-5H,(H,8,9);4-7H,3H2,1-2H3. The predicted molar refractivity (Wildman–Crippen MR) is 99.8 cm³/mol. The maximum atomic E-state index is 10.7. The molecule has 0 saturated heterocycles. The van der Waals surface area contributed by atoms with Crippen molar-refractivity contribution in [1.82, 2.24) is 0 Å². The molecule has 0 aliphatic carbocycles. The molecular formula is C20H24O7. The van der Waals surface area contributed by atoms with Crippen molar-refractivity contribution in [2.24, 2.45) is 0 Å². The molecule has 2 rings (SSSR count). The van der Waals surface area contributed by atoms with Gasteiger partial charge in [0.15, 0.2) is 0 Å². The first-order chi connectivity index (χ1) is 12.6. The average Bonchev–Trinajstić information content (AvgIpc) is 2.62. The Kier molecular flexibility index (Phi) is 11.7. The molecule has 0 heterocycles. The Morgan fingerprint density at radius 2 is 1.11 bits per heavy atom. The predicted octanol–water partition coefficient (Wildman–Crippen LogP) is 2.48. The maximum Gasteiger partial charge on any atom is 0.377 e. The summed E-state index contributed by atoms with van der Waals surface area (Å²) in [5.74, 6) is -3.17. The number of hydrogen-bond acceptors (Lipinski definition) is 5. The van der Waals surface area contributed by atoms with Gasteiger partial charge in [-0.25, -0.2) is 9.59 Å². The Labute approximate surface area is 157 Å². The fourth-order valence-electron chi connectivity index (χ4n) is 1.79. The summed E-state index contributed by atoms with van der Waals surface area (Å²) in [5.41, 5.74) is 0.539. The topological polar surface area (TPSA) is 132 Å².